The van der Waals surface area contributed by atoms with Crippen LogP contribution in [0.4, 0.5) is 5.69 Å². The summed E-state index contributed by atoms with van der Waals surface area (Å²) in [4.78, 5) is 29.1. The zero-order valence-electron chi connectivity index (χ0n) is 16.4. The fraction of sp³-hybridized carbons (Fsp3) is 0.231. The summed E-state index contributed by atoms with van der Waals surface area (Å²) in [6, 6.07) is 24.4. The van der Waals surface area contributed by atoms with Crippen LogP contribution in [0.25, 0.3) is 0 Å². The molecule has 2 amide bonds. The Kier molecular flexibility index (Phi) is 3.14. The second kappa shape index (κ2) is 5.44. The van der Waals surface area contributed by atoms with Crippen molar-refractivity contribution in [3.05, 3.63) is 101 Å². The first-order valence-corrected chi connectivity index (χ1v) is 10.2. The number of anilines is 1. The SMILES string of the molecule is Cc1cccc(N2C(=O)[C@@H]3C4c5ccccc5C(c5ccccc54)[C@]3(C)C2=O)c1. The molecule has 3 nitrogen and oxygen atoms in total. The van der Waals surface area contributed by atoms with E-state index >= 15 is 0 Å². The lowest BCUT2D eigenvalue weighted by Gasteiger charge is -2.51. The quantitative estimate of drug-likeness (QED) is 0.571. The Morgan fingerprint density at radius 2 is 1.38 bits per heavy atom. The van der Waals surface area contributed by atoms with Gasteiger partial charge in [0.05, 0.1) is 17.0 Å². The van der Waals surface area contributed by atoms with Gasteiger partial charge in [-0.3, -0.25) is 9.59 Å². The van der Waals surface area contributed by atoms with Gasteiger partial charge in [-0.1, -0.05) is 60.7 Å². The zero-order chi connectivity index (χ0) is 19.9. The third-order valence-electron chi connectivity index (χ3n) is 7.27. The highest BCUT2D eigenvalue weighted by molar-refractivity contribution is 6.25. The van der Waals surface area contributed by atoms with Gasteiger partial charge in [0.2, 0.25) is 11.8 Å². The van der Waals surface area contributed by atoms with Crippen molar-refractivity contribution in [3.8, 4) is 0 Å². The number of hydrogen-bond donors (Lipinski definition) is 0. The lowest BCUT2D eigenvalue weighted by molar-refractivity contribution is -0.128. The maximum atomic E-state index is 13.9. The number of rotatable bonds is 1. The third kappa shape index (κ3) is 1.88. The summed E-state index contributed by atoms with van der Waals surface area (Å²) in [6.45, 7) is 4.00. The molecule has 0 aromatic heterocycles. The van der Waals surface area contributed by atoms with Gasteiger partial charge in [-0.05, 0) is 53.8 Å². The first kappa shape index (κ1) is 16.7. The number of carbonyl (C=O) groups excluding carboxylic acids is 2. The Balaban J connectivity index is 1.63. The number of benzene rings is 3. The molecule has 0 spiro atoms. The van der Waals surface area contributed by atoms with Crippen LogP contribution in [0.3, 0.4) is 0 Å². The summed E-state index contributed by atoms with van der Waals surface area (Å²) in [5.74, 6) is -0.690. The van der Waals surface area contributed by atoms with Crippen LogP contribution in [0.1, 0.15) is 46.6 Å². The molecule has 2 atom stereocenters. The van der Waals surface area contributed by atoms with Crippen molar-refractivity contribution in [1.82, 2.24) is 0 Å². The van der Waals surface area contributed by atoms with Crippen molar-refractivity contribution in [1.29, 1.82) is 0 Å². The minimum absolute atomic E-state index is 0.0675. The molecule has 2 bridgehead atoms. The summed E-state index contributed by atoms with van der Waals surface area (Å²) in [6.07, 6.45) is 0. The molecule has 1 saturated heterocycles. The Labute approximate surface area is 170 Å². The molecular formula is C26H21NO2. The Bertz CT molecular complexity index is 1170. The van der Waals surface area contributed by atoms with Crippen molar-refractivity contribution in [2.45, 2.75) is 25.7 Å². The molecule has 4 aliphatic rings. The van der Waals surface area contributed by atoms with Crippen molar-refractivity contribution in [3.63, 3.8) is 0 Å². The normalized spacial score (nSPS) is 28.9. The Morgan fingerprint density at radius 1 is 0.793 bits per heavy atom. The van der Waals surface area contributed by atoms with E-state index in [4.69, 9.17) is 0 Å². The van der Waals surface area contributed by atoms with Crippen LogP contribution in [0.5, 0.6) is 0 Å². The van der Waals surface area contributed by atoms with Gasteiger partial charge in [-0.25, -0.2) is 4.90 Å². The number of aryl methyl sites for hydroxylation is 1. The molecule has 3 aromatic rings. The predicted octanol–water partition coefficient (Wildman–Crippen LogP) is 4.78. The lowest BCUT2D eigenvalue weighted by atomic mass is 9.48. The molecule has 3 aliphatic carbocycles. The van der Waals surface area contributed by atoms with E-state index in [1.54, 1.807) is 0 Å². The average molecular weight is 379 g/mol. The highest BCUT2D eigenvalue weighted by Gasteiger charge is 2.68. The molecule has 1 fully saturated rings. The first-order chi connectivity index (χ1) is 14.0. The summed E-state index contributed by atoms with van der Waals surface area (Å²) >= 11 is 0. The van der Waals surface area contributed by atoms with Gasteiger partial charge in [0.1, 0.15) is 0 Å². The van der Waals surface area contributed by atoms with Crippen LogP contribution in [0.2, 0.25) is 0 Å². The number of nitrogens with zero attached hydrogens (tertiary/aromatic N) is 1. The summed E-state index contributed by atoms with van der Waals surface area (Å²) in [5, 5.41) is 0. The Morgan fingerprint density at radius 3 is 1.97 bits per heavy atom. The number of hydrogen-bond acceptors (Lipinski definition) is 2. The molecule has 142 valence electrons. The maximum Gasteiger partial charge on any atom is 0.241 e. The van der Waals surface area contributed by atoms with E-state index in [-0.39, 0.29) is 29.6 Å². The molecule has 1 heterocycles. The van der Waals surface area contributed by atoms with Gasteiger partial charge in [0.25, 0.3) is 0 Å². The van der Waals surface area contributed by atoms with E-state index in [2.05, 4.69) is 24.3 Å². The minimum atomic E-state index is -0.770. The molecule has 29 heavy (non-hydrogen) atoms. The molecule has 0 saturated carbocycles. The fourth-order valence-electron chi connectivity index (χ4n) is 6.13. The summed E-state index contributed by atoms with van der Waals surface area (Å²) in [7, 11) is 0. The molecule has 3 heteroatoms. The van der Waals surface area contributed by atoms with E-state index in [1.165, 1.54) is 27.2 Å². The van der Waals surface area contributed by atoms with Gasteiger partial charge in [0, 0.05) is 11.8 Å². The zero-order valence-corrected chi connectivity index (χ0v) is 16.4. The van der Waals surface area contributed by atoms with Crippen LogP contribution in [0.15, 0.2) is 72.8 Å². The highest BCUT2D eigenvalue weighted by atomic mass is 16.2. The molecule has 7 rings (SSSR count). The van der Waals surface area contributed by atoms with Gasteiger partial charge in [-0.2, -0.15) is 0 Å². The lowest BCUT2D eigenvalue weighted by Crippen LogP contribution is -2.49. The largest absolute Gasteiger partial charge is 0.274 e. The van der Waals surface area contributed by atoms with Crippen LogP contribution < -0.4 is 4.90 Å². The molecular weight excluding hydrogens is 358 g/mol. The van der Waals surface area contributed by atoms with E-state index in [0.717, 1.165) is 5.56 Å². The summed E-state index contributed by atoms with van der Waals surface area (Å²) < 4.78 is 0. The number of imide groups is 1. The van der Waals surface area contributed by atoms with E-state index < -0.39 is 5.41 Å². The number of carbonyl (C=O) groups is 2. The smallest absolute Gasteiger partial charge is 0.241 e. The predicted molar refractivity (Wildman–Crippen MR) is 112 cm³/mol. The van der Waals surface area contributed by atoms with Gasteiger partial charge in [0.15, 0.2) is 0 Å². The minimum Gasteiger partial charge on any atom is -0.274 e. The van der Waals surface area contributed by atoms with Crippen molar-refractivity contribution in [2.24, 2.45) is 11.3 Å². The average Bonchev–Trinajstić information content (AvgIpc) is 2.94. The molecule has 3 aromatic carbocycles. The van der Waals surface area contributed by atoms with E-state index in [9.17, 15) is 9.59 Å². The standard InChI is InChI=1S/C26H21NO2/c1-15-8-7-9-16(14-15)27-24(28)23-21-17-10-3-5-12-19(17)22(26(23,2)25(27)29)20-13-6-4-11-18(20)21/h3-14,21-23H,1-2H3/t21?,22?,23-,26-/m0/s1. The van der Waals surface area contributed by atoms with Gasteiger partial charge >= 0.3 is 0 Å². The van der Waals surface area contributed by atoms with Crippen molar-refractivity contribution >= 4 is 17.5 Å². The second-order valence-corrected chi connectivity index (χ2v) is 8.75. The summed E-state index contributed by atoms with van der Waals surface area (Å²) in [5.41, 5.74) is 5.75. The van der Waals surface area contributed by atoms with E-state index in [0.29, 0.717) is 5.69 Å². The first-order valence-electron chi connectivity index (χ1n) is 10.2. The van der Waals surface area contributed by atoms with Crippen LogP contribution in [-0.2, 0) is 9.59 Å². The van der Waals surface area contributed by atoms with Gasteiger partial charge < -0.3 is 0 Å². The highest BCUT2D eigenvalue weighted by Crippen LogP contribution is 2.67. The van der Waals surface area contributed by atoms with E-state index in [1.807, 2.05) is 62.4 Å². The van der Waals surface area contributed by atoms with Crippen LogP contribution in [0, 0.1) is 18.3 Å². The van der Waals surface area contributed by atoms with Crippen molar-refractivity contribution < 1.29 is 9.59 Å². The third-order valence-corrected chi connectivity index (χ3v) is 7.27. The fourth-order valence-corrected chi connectivity index (χ4v) is 6.13. The van der Waals surface area contributed by atoms with Crippen LogP contribution >= 0.6 is 0 Å². The van der Waals surface area contributed by atoms with Crippen molar-refractivity contribution in [2.75, 3.05) is 4.90 Å². The second-order valence-electron chi connectivity index (χ2n) is 8.75. The van der Waals surface area contributed by atoms with Gasteiger partial charge in [-0.15, -0.1) is 0 Å². The molecule has 0 radical (unpaired) electrons. The molecule has 1 aliphatic heterocycles. The van der Waals surface area contributed by atoms with Crippen LogP contribution in [-0.4, -0.2) is 11.8 Å². The topological polar surface area (TPSA) is 37.4 Å². The molecule has 0 unspecified atom stereocenters. The maximum absolute atomic E-state index is 13.9. The number of amides is 2. The Hall–Kier alpha value is -3.20. The molecule has 0 N–H and O–H groups in total. The monoisotopic (exact) mass is 379 g/mol.